The van der Waals surface area contributed by atoms with Crippen molar-refractivity contribution < 1.29 is 4.42 Å². The van der Waals surface area contributed by atoms with Crippen molar-refractivity contribution in [1.29, 1.82) is 0 Å². The highest BCUT2D eigenvalue weighted by molar-refractivity contribution is 6.32. The topological polar surface area (TPSA) is 42.2 Å². The Balaban J connectivity index is 2.13. The molecule has 1 aliphatic heterocycles. The van der Waals surface area contributed by atoms with Crippen LogP contribution >= 0.6 is 11.6 Å². The van der Waals surface area contributed by atoms with Crippen LogP contribution in [0, 0.1) is 6.92 Å². The molecule has 0 amide bonds. The van der Waals surface area contributed by atoms with Gasteiger partial charge < -0.3 is 9.73 Å². The van der Waals surface area contributed by atoms with Crippen LogP contribution in [-0.2, 0) is 0 Å². The highest BCUT2D eigenvalue weighted by atomic mass is 35.5. The SMILES string of the molecule is Cc1cc2oc(C3CCNCC3)cc(=O)c2cc1Cl. The molecule has 2 aromatic rings. The van der Waals surface area contributed by atoms with Gasteiger partial charge in [0.05, 0.1) is 5.39 Å². The Labute approximate surface area is 116 Å². The molecule has 1 aromatic carbocycles. The minimum atomic E-state index is -0.00307. The third kappa shape index (κ3) is 2.40. The van der Waals surface area contributed by atoms with E-state index in [1.807, 2.05) is 13.0 Å². The van der Waals surface area contributed by atoms with Gasteiger partial charge in [-0.3, -0.25) is 4.79 Å². The van der Waals surface area contributed by atoms with Crippen molar-refractivity contribution in [1.82, 2.24) is 5.32 Å². The molecule has 1 N–H and O–H groups in total. The summed E-state index contributed by atoms with van der Waals surface area (Å²) in [6.45, 7) is 3.87. The van der Waals surface area contributed by atoms with Gasteiger partial charge in [-0.2, -0.15) is 0 Å². The average Bonchev–Trinajstić information content (AvgIpc) is 2.42. The molecular formula is C15H16ClNO2. The van der Waals surface area contributed by atoms with E-state index in [2.05, 4.69) is 5.32 Å². The highest BCUT2D eigenvalue weighted by Crippen LogP contribution is 2.28. The Morgan fingerprint density at radius 3 is 2.74 bits per heavy atom. The summed E-state index contributed by atoms with van der Waals surface area (Å²) in [6.07, 6.45) is 2.03. The third-order valence-corrected chi connectivity index (χ3v) is 4.18. The lowest BCUT2D eigenvalue weighted by Gasteiger charge is -2.21. The van der Waals surface area contributed by atoms with Crippen molar-refractivity contribution in [2.24, 2.45) is 0 Å². The van der Waals surface area contributed by atoms with Gasteiger partial charge in [0.1, 0.15) is 11.3 Å². The molecule has 3 rings (SSSR count). The van der Waals surface area contributed by atoms with E-state index in [0.717, 1.165) is 37.3 Å². The largest absolute Gasteiger partial charge is 0.461 e. The van der Waals surface area contributed by atoms with Crippen molar-refractivity contribution in [2.75, 3.05) is 13.1 Å². The second-order valence-electron chi connectivity index (χ2n) is 5.13. The first-order valence-electron chi connectivity index (χ1n) is 6.60. The number of piperidine rings is 1. The number of hydrogen-bond donors (Lipinski definition) is 1. The summed E-state index contributed by atoms with van der Waals surface area (Å²) in [5.74, 6) is 1.15. The molecule has 0 saturated carbocycles. The molecule has 3 nitrogen and oxygen atoms in total. The maximum absolute atomic E-state index is 12.2. The Hall–Kier alpha value is -1.32. The van der Waals surface area contributed by atoms with Crippen molar-refractivity contribution in [3.05, 3.63) is 44.8 Å². The van der Waals surface area contributed by atoms with Gasteiger partial charge in [-0.05, 0) is 50.6 Å². The lowest BCUT2D eigenvalue weighted by atomic mass is 9.95. The summed E-state index contributed by atoms with van der Waals surface area (Å²) in [5.41, 5.74) is 1.57. The van der Waals surface area contributed by atoms with Crippen LogP contribution in [0.15, 0.2) is 27.4 Å². The molecule has 0 unspecified atom stereocenters. The van der Waals surface area contributed by atoms with Gasteiger partial charge >= 0.3 is 0 Å². The summed E-state index contributed by atoms with van der Waals surface area (Å²) >= 11 is 6.06. The number of nitrogens with one attached hydrogen (secondary N) is 1. The fraction of sp³-hybridized carbons (Fsp3) is 0.400. The fourth-order valence-electron chi connectivity index (χ4n) is 2.60. The van der Waals surface area contributed by atoms with E-state index >= 15 is 0 Å². The Morgan fingerprint density at radius 2 is 2.00 bits per heavy atom. The third-order valence-electron chi connectivity index (χ3n) is 3.77. The number of halogens is 1. The minimum absolute atomic E-state index is 0.00307. The van der Waals surface area contributed by atoms with Crippen molar-refractivity contribution in [3.63, 3.8) is 0 Å². The second kappa shape index (κ2) is 4.99. The molecule has 0 spiro atoms. The summed E-state index contributed by atoms with van der Waals surface area (Å²) in [7, 11) is 0. The fourth-order valence-corrected chi connectivity index (χ4v) is 2.77. The van der Waals surface area contributed by atoms with Crippen LogP contribution in [0.5, 0.6) is 0 Å². The summed E-state index contributed by atoms with van der Waals surface area (Å²) in [6, 6.07) is 5.18. The minimum Gasteiger partial charge on any atom is -0.461 e. The standard InChI is InChI=1S/C15H16ClNO2/c1-9-6-15-11(7-12(9)16)13(18)8-14(19-15)10-2-4-17-5-3-10/h6-8,10,17H,2-5H2,1H3. The first kappa shape index (κ1) is 12.7. The van der Waals surface area contributed by atoms with Crippen LogP contribution in [-0.4, -0.2) is 13.1 Å². The van der Waals surface area contributed by atoms with Crippen molar-refractivity contribution in [2.45, 2.75) is 25.7 Å². The molecule has 0 aliphatic carbocycles. The van der Waals surface area contributed by atoms with E-state index in [9.17, 15) is 4.79 Å². The molecule has 1 aromatic heterocycles. The van der Waals surface area contributed by atoms with E-state index in [-0.39, 0.29) is 5.43 Å². The number of fused-ring (bicyclic) bond motifs is 1. The first-order valence-corrected chi connectivity index (χ1v) is 6.97. The Bertz CT molecular complexity index is 672. The van der Waals surface area contributed by atoms with Gasteiger partial charge in [-0.25, -0.2) is 0 Å². The van der Waals surface area contributed by atoms with Gasteiger partial charge in [0, 0.05) is 17.0 Å². The predicted octanol–water partition coefficient (Wildman–Crippen LogP) is 3.22. The molecule has 1 saturated heterocycles. The number of rotatable bonds is 1. The number of benzene rings is 1. The second-order valence-corrected chi connectivity index (χ2v) is 5.54. The monoisotopic (exact) mass is 277 g/mol. The molecule has 1 fully saturated rings. The van der Waals surface area contributed by atoms with Crippen molar-refractivity contribution >= 4 is 22.6 Å². The van der Waals surface area contributed by atoms with Crippen molar-refractivity contribution in [3.8, 4) is 0 Å². The lowest BCUT2D eigenvalue weighted by Crippen LogP contribution is -2.27. The summed E-state index contributed by atoms with van der Waals surface area (Å²) < 4.78 is 5.93. The van der Waals surface area contributed by atoms with Crippen LogP contribution in [0.2, 0.25) is 5.02 Å². The summed E-state index contributed by atoms with van der Waals surface area (Å²) in [4.78, 5) is 12.2. The summed E-state index contributed by atoms with van der Waals surface area (Å²) in [5, 5.41) is 4.48. The molecular weight excluding hydrogens is 262 g/mol. The van der Waals surface area contributed by atoms with Gasteiger partial charge in [0.2, 0.25) is 0 Å². The zero-order valence-corrected chi connectivity index (χ0v) is 11.6. The molecule has 1 aliphatic rings. The van der Waals surface area contributed by atoms with Gasteiger partial charge in [0.25, 0.3) is 0 Å². The van der Waals surface area contributed by atoms with Crippen LogP contribution in [0.25, 0.3) is 11.0 Å². The number of hydrogen-bond acceptors (Lipinski definition) is 3. The van der Waals surface area contributed by atoms with Gasteiger partial charge in [0.15, 0.2) is 5.43 Å². The lowest BCUT2D eigenvalue weighted by molar-refractivity contribution is 0.392. The molecule has 19 heavy (non-hydrogen) atoms. The smallest absolute Gasteiger partial charge is 0.193 e. The zero-order valence-electron chi connectivity index (χ0n) is 10.8. The van der Waals surface area contributed by atoms with Crippen LogP contribution < -0.4 is 10.7 Å². The first-order chi connectivity index (χ1) is 9.15. The molecule has 0 radical (unpaired) electrons. The Morgan fingerprint density at radius 1 is 1.26 bits per heavy atom. The van der Waals surface area contributed by atoms with E-state index in [4.69, 9.17) is 16.0 Å². The molecule has 0 atom stereocenters. The molecule has 2 heterocycles. The van der Waals surface area contributed by atoms with Gasteiger partial charge in [-0.15, -0.1) is 0 Å². The maximum Gasteiger partial charge on any atom is 0.193 e. The normalized spacial score (nSPS) is 16.9. The average molecular weight is 278 g/mol. The molecule has 4 heteroatoms. The zero-order chi connectivity index (χ0) is 13.4. The van der Waals surface area contributed by atoms with Crippen LogP contribution in [0.1, 0.15) is 30.1 Å². The van der Waals surface area contributed by atoms with Crippen LogP contribution in [0.3, 0.4) is 0 Å². The molecule has 0 bridgehead atoms. The maximum atomic E-state index is 12.2. The number of aryl methyl sites for hydroxylation is 1. The van der Waals surface area contributed by atoms with E-state index in [1.54, 1.807) is 12.1 Å². The highest BCUT2D eigenvalue weighted by Gasteiger charge is 2.19. The molecule has 100 valence electrons. The predicted molar refractivity (Wildman–Crippen MR) is 77.1 cm³/mol. The Kier molecular flexibility index (Phi) is 3.33. The quantitative estimate of drug-likeness (QED) is 0.870. The van der Waals surface area contributed by atoms with Gasteiger partial charge in [-0.1, -0.05) is 11.6 Å². The van der Waals surface area contributed by atoms with Crippen LogP contribution in [0.4, 0.5) is 0 Å². The van der Waals surface area contributed by atoms with E-state index in [1.165, 1.54) is 0 Å². The van der Waals surface area contributed by atoms with E-state index in [0.29, 0.717) is 21.9 Å². The van der Waals surface area contributed by atoms with E-state index < -0.39 is 0 Å².